The van der Waals surface area contributed by atoms with Crippen molar-refractivity contribution in [2.24, 2.45) is 0 Å². The van der Waals surface area contributed by atoms with Crippen molar-refractivity contribution in [2.45, 2.75) is 19.3 Å². The van der Waals surface area contributed by atoms with Gasteiger partial charge in [-0.05, 0) is 28.3 Å². The monoisotopic (exact) mass is 375 g/mol. The highest BCUT2D eigenvalue weighted by atomic mass is 16.3. The van der Waals surface area contributed by atoms with Crippen molar-refractivity contribution in [3.8, 4) is 22.3 Å². The molecule has 0 bridgehead atoms. The normalized spacial score (nSPS) is 14.3. The van der Waals surface area contributed by atoms with Crippen molar-refractivity contribution < 1.29 is 4.42 Å². The van der Waals surface area contributed by atoms with E-state index in [1.165, 1.54) is 22.3 Å². The first-order chi connectivity index (χ1) is 14.1. The summed E-state index contributed by atoms with van der Waals surface area (Å²) in [7, 11) is 0. The van der Waals surface area contributed by atoms with Crippen LogP contribution in [-0.4, -0.2) is 0 Å². The molecule has 0 spiro atoms. The number of rotatable bonds is 1. The van der Waals surface area contributed by atoms with Gasteiger partial charge in [0, 0.05) is 33.0 Å². The average Bonchev–Trinajstić information content (AvgIpc) is 3.22. The Kier molecular flexibility index (Phi) is 3.12. The van der Waals surface area contributed by atoms with Gasteiger partial charge >= 0.3 is 0 Å². The van der Waals surface area contributed by atoms with Crippen molar-refractivity contribution in [3.05, 3.63) is 90.0 Å². The summed E-state index contributed by atoms with van der Waals surface area (Å²) in [6.07, 6.45) is 0. The Morgan fingerprint density at radius 2 is 1.34 bits per heavy atom. The lowest BCUT2D eigenvalue weighted by molar-refractivity contribution is 0.662. The molecule has 0 unspecified atom stereocenters. The first-order valence-corrected chi connectivity index (χ1v) is 10.0. The Bertz CT molecular complexity index is 1440. The Morgan fingerprint density at radius 1 is 0.655 bits per heavy atom. The summed E-state index contributed by atoms with van der Waals surface area (Å²) in [5, 5.41) is 2.26. The van der Waals surface area contributed by atoms with Crippen LogP contribution in [0.1, 0.15) is 25.0 Å². The molecule has 1 aliphatic carbocycles. The second-order valence-corrected chi connectivity index (χ2v) is 8.40. The summed E-state index contributed by atoms with van der Waals surface area (Å²) in [4.78, 5) is 0. The topological polar surface area (TPSA) is 39.2 Å². The number of benzene rings is 4. The first kappa shape index (κ1) is 16.4. The lowest BCUT2D eigenvalue weighted by Crippen LogP contribution is -2.17. The molecule has 0 amide bonds. The zero-order valence-electron chi connectivity index (χ0n) is 16.5. The third kappa shape index (κ3) is 2.06. The van der Waals surface area contributed by atoms with E-state index in [9.17, 15) is 0 Å². The maximum absolute atomic E-state index is 6.87. The molecule has 4 aromatic carbocycles. The van der Waals surface area contributed by atoms with Crippen LogP contribution in [0.25, 0.3) is 44.2 Å². The van der Waals surface area contributed by atoms with E-state index in [1.807, 2.05) is 18.2 Å². The molecule has 0 aliphatic heterocycles. The number of anilines is 1. The maximum Gasteiger partial charge on any atom is 0.143 e. The molecule has 1 aromatic heterocycles. The van der Waals surface area contributed by atoms with Gasteiger partial charge in [0.15, 0.2) is 0 Å². The molecule has 0 saturated carbocycles. The number of nitrogens with two attached hydrogens (primary N) is 1. The van der Waals surface area contributed by atoms with Gasteiger partial charge in [-0.25, -0.2) is 0 Å². The molecular formula is C27H21NO. The van der Waals surface area contributed by atoms with E-state index >= 15 is 0 Å². The van der Waals surface area contributed by atoms with Crippen molar-refractivity contribution in [1.29, 1.82) is 0 Å². The van der Waals surface area contributed by atoms with Crippen LogP contribution in [0.3, 0.4) is 0 Å². The molecule has 2 nitrogen and oxygen atoms in total. The van der Waals surface area contributed by atoms with Gasteiger partial charge in [-0.3, -0.25) is 0 Å². The standard InChI is InChI=1S/C27H21NO/c1-27(2)22-12-5-3-8-16(22)18-14-15-19(25(28)24(18)27)21-11-7-10-20-17-9-4-6-13-23(17)29-26(20)21/h3-15H,28H2,1-2H3. The molecule has 2 N–H and O–H groups in total. The van der Waals surface area contributed by atoms with E-state index in [-0.39, 0.29) is 5.41 Å². The first-order valence-electron chi connectivity index (χ1n) is 10.0. The van der Waals surface area contributed by atoms with Crippen LogP contribution in [0.15, 0.2) is 83.3 Å². The van der Waals surface area contributed by atoms with E-state index in [4.69, 9.17) is 10.2 Å². The second kappa shape index (κ2) is 5.51. The SMILES string of the molecule is CC1(C)c2ccccc2-c2ccc(-c3cccc4c3oc3ccccc34)c(N)c21. The predicted molar refractivity (Wildman–Crippen MR) is 121 cm³/mol. The minimum absolute atomic E-state index is 0.131. The third-order valence-electron chi connectivity index (χ3n) is 6.46. The van der Waals surface area contributed by atoms with Crippen molar-refractivity contribution in [2.75, 3.05) is 5.73 Å². The summed E-state index contributed by atoms with van der Waals surface area (Å²) in [5.41, 5.74) is 16.5. The van der Waals surface area contributed by atoms with E-state index in [0.29, 0.717) is 0 Å². The van der Waals surface area contributed by atoms with Crippen LogP contribution in [0, 0.1) is 0 Å². The highest BCUT2D eigenvalue weighted by molar-refractivity contribution is 6.10. The van der Waals surface area contributed by atoms with E-state index < -0.39 is 0 Å². The average molecular weight is 375 g/mol. The molecule has 0 fully saturated rings. The third-order valence-corrected chi connectivity index (χ3v) is 6.46. The molecule has 0 saturated heterocycles. The van der Waals surface area contributed by atoms with Crippen molar-refractivity contribution >= 4 is 27.6 Å². The van der Waals surface area contributed by atoms with Gasteiger partial charge in [0.25, 0.3) is 0 Å². The van der Waals surface area contributed by atoms with E-state index in [1.54, 1.807) is 0 Å². The van der Waals surface area contributed by atoms with Gasteiger partial charge in [0.05, 0.1) is 0 Å². The summed E-state index contributed by atoms with van der Waals surface area (Å²) in [5.74, 6) is 0. The quantitative estimate of drug-likeness (QED) is 0.316. The van der Waals surface area contributed by atoms with Gasteiger partial charge in [0.1, 0.15) is 11.2 Å². The van der Waals surface area contributed by atoms with Gasteiger partial charge in [0.2, 0.25) is 0 Å². The highest BCUT2D eigenvalue weighted by Crippen LogP contribution is 2.53. The maximum atomic E-state index is 6.87. The summed E-state index contributed by atoms with van der Waals surface area (Å²) in [6, 6.07) is 27.5. The molecule has 2 heteroatoms. The van der Waals surface area contributed by atoms with Gasteiger partial charge < -0.3 is 10.2 Å². The van der Waals surface area contributed by atoms with Crippen LogP contribution in [-0.2, 0) is 5.41 Å². The summed E-state index contributed by atoms with van der Waals surface area (Å²) >= 11 is 0. The summed E-state index contributed by atoms with van der Waals surface area (Å²) in [6.45, 7) is 4.53. The predicted octanol–water partition coefficient (Wildman–Crippen LogP) is 7.14. The number of fused-ring (bicyclic) bond motifs is 6. The van der Waals surface area contributed by atoms with Crippen molar-refractivity contribution in [1.82, 2.24) is 0 Å². The second-order valence-electron chi connectivity index (χ2n) is 8.40. The molecule has 6 rings (SSSR count). The molecule has 0 radical (unpaired) electrons. The van der Waals surface area contributed by atoms with E-state index in [0.717, 1.165) is 38.8 Å². The fraction of sp³-hybridized carbons (Fsp3) is 0.111. The highest BCUT2D eigenvalue weighted by Gasteiger charge is 2.37. The fourth-order valence-corrected chi connectivity index (χ4v) is 5.11. The number of furan rings is 1. The van der Waals surface area contributed by atoms with Crippen LogP contribution >= 0.6 is 0 Å². The number of hydrogen-bond donors (Lipinski definition) is 1. The largest absolute Gasteiger partial charge is 0.455 e. The molecule has 140 valence electrons. The van der Waals surface area contributed by atoms with Crippen LogP contribution < -0.4 is 5.73 Å². The number of nitrogen functional groups attached to an aromatic ring is 1. The lowest BCUT2D eigenvalue weighted by atomic mass is 9.80. The fourth-order valence-electron chi connectivity index (χ4n) is 5.11. The van der Waals surface area contributed by atoms with Gasteiger partial charge in [-0.15, -0.1) is 0 Å². The molecular weight excluding hydrogens is 354 g/mol. The molecule has 0 atom stereocenters. The Labute approximate surface area is 169 Å². The van der Waals surface area contributed by atoms with Gasteiger partial charge in [-0.2, -0.15) is 0 Å². The summed E-state index contributed by atoms with van der Waals surface area (Å²) < 4.78 is 6.27. The van der Waals surface area contributed by atoms with Crippen LogP contribution in [0.2, 0.25) is 0 Å². The Hall–Kier alpha value is -3.52. The molecule has 5 aromatic rings. The van der Waals surface area contributed by atoms with Gasteiger partial charge in [-0.1, -0.05) is 86.6 Å². The zero-order valence-corrected chi connectivity index (χ0v) is 16.5. The molecule has 29 heavy (non-hydrogen) atoms. The Morgan fingerprint density at radius 3 is 2.24 bits per heavy atom. The Balaban J connectivity index is 1.66. The zero-order chi connectivity index (χ0) is 19.8. The van der Waals surface area contributed by atoms with Crippen molar-refractivity contribution in [3.63, 3.8) is 0 Å². The number of hydrogen-bond acceptors (Lipinski definition) is 2. The van der Waals surface area contributed by atoms with Crippen LogP contribution in [0.5, 0.6) is 0 Å². The minimum Gasteiger partial charge on any atom is -0.455 e. The lowest BCUT2D eigenvalue weighted by Gasteiger charge is -2.24. The molecule has 1 heterocycles. The smallest absolute Gasteiger partial charge is 0.143 e. The molecule has 1 aliphatic rings. The number of para-hydroxylation sites is 2. The van der Waals surface area contributed by atoms with Crippen LogP contribution in [0.4, 0.5) is 5.69 Å². The minimum atomic E-state index is -0.131. The van der Waals surface area contributed by atoms with E-state index in [2.05, 4.69) is 74.5 Å².